The Balaban J connectivity index is 1.42. The summed E-state index contributed by atoms with van der Waals surface area (Å²) in [4.78, 5) is 34.9. The number of nitrogens with zero attached hydrogens (tertiary/aromatic N) is 5. The minimum Gasteiger partial charge on any atom is -0.302 e. The number of hydrogen-bond acceptors (Lipinski definition) is 6. The Morgan fingerprint density at radius 1 is 1.23 bits per heavy atom. The first-order valence-electron chi connectivity index (χ1n) is 10.2. The standard InChI is InChI=1S/C22H24N6O2S/c1-4-5-15-6-8-16(9-7-15)19-14(2)31-22(26-19)25-18(29)10-11-28-13-23-20-17(21(28)30)12-24-27(20)3/h6-9,12-13H,4-5,10-11H2,1-3H3,(H,25,26,29). The second-order valence-electron chi connectivity index (χ2n) is 7.42. The van der Waals surface area contributed by atoms with Crippen LogP contribution in [-0.2, 0) is 24.8 Å². The van der Waals surface area contributed by atoms with E-state index >= 15 is 0 Å². The van der Waals surface area contributed by atoms with Crippen LogP contribution in [0.15, 0.2) is 41.6 Å². The number of carbonyl (C=O) groups is 1. The molecule has 160 valence electrons. The fourth-order valence-electron chi connectivity index (χ4n) is 3.47. The summed E-state index contributed by atoms with van der Waals surface area (Å²) >= 11 is 1.45. The van der Waals surface area contributed by atoms with Gasteiger partial charge in [0.1, 0.15) is 5.39 Å². The molecule has 0 saturated carbocycles. The number of rotatable bonds is 7. The molecule has 0 radical (unpaired) electrons. The second-order valence-corrected chi connectivity index (χ2v) is 8.62. The molecule has 0 spiro atoms. The number of nitrogens with one attached hydrogen (secondary N) is 1. The Morgan fingerprint density at radius 3 is 2.74 bits per heavy atom. The van der Waals surface area contributed by atoms with Gasteiger partial charge in [0.2, 0.25) is 5.91 Å². The van der Waals surface area contributed by atoms with E-state index in [1.165, 1.54) is 34.0 Å². The Kier molecular flexibility index (Phi) is 5.94. The lowest BCUT2D eigenvalue weighted by molar-refractivity contribution is -0.116. The second kappa shape index (κ2) is 8.81. The number of hydrogen-bond donors (Lipinski definition) is 1. The summed E-state index contributed by atoms with van der Waals surface area (Å²) in [6.45, 7) is 4.40. The Morgan fingerprint density at radius 2 is 2.00 bits per heavy atom. The highest BCUT2D eigenvalue weighted by atomic mass is 32.1. The number of aryl methyl sites for hydroxylation is 4. The fourth-order valence-corrected chi connectivity index (χ4v) is 4.32. The molecule has 0 aliphatic rings. The summed E-state index contributed by atoms with van der Waals surface area (Å²) in [5.74, 6) is -0.197. The van der Waals surface area contributed by atoms with E-state index in [0.29, 0.717) is 16.2 Å². The van der Waals surface area contributed by atoms with Gasteiger partial charge in [0.15, 0.2) is 10.8 Å². The van der Waals surface area contributed by atoms with Crippen molar-refractivity contribution in [2.45, 2.75) is 39.7 Å². The van der Waals surface area contributed by atoms with Crippen molar-refractivity contribution in [1.82, 2.24) is 24.3 Å². The Labute approximate surface area is 183 Å². The maximum absolute atomic E-state index is 12.5. The third-order valence-corrected chi connectivity index (χ3v) is 5.99. The third-order valence-electron chi connectivity index (χ3n) is 5.11. The monoisotopic (exact) mass is 436 g/mol. The van der Waals surface area contributed by atoms with Gasteiger partial charge in [0, 0.05) is 30.5 Å². The van der Waals surface area contributed by atoms with Crippen LogP contribution in [0.25, 0.3) is 22.3 Å². The Hall–Kier alpha value is -3.33. The number of thiazole rings is 1. The first-order valence-corrected chi connectivity index (χ1v) is 11.0. The molecule has 0 bridgehead atoms. The molecule has 31 heavy (non-hydrogen) atoms. The lowest BCUT2D eigenvalue weighted by atomic mass is 10.1. The van der Waals surface area contributed by atoms with Crippen molar-refractivity contribution in [3.05, 3.63) is 57.6 Å². The van der Waals surface area contributed by atoms with Crippen molar-refractivity contribution in [2.75, 3.05) is 5.32 Å². The molecule has 9 heteroatoms. The summed E-state index contributed by atoms with van der Waals surface area (Å²) in [7, 11) is 1.73. The topological polar surface area (TPSA) is 94.7 Å². The average molecular weight is 437 g/mol. The van der Waals surface area contributed by atoms with Gasteiger partial charge in [0.05, 0.1) is 18.2 Å². The van der Waals surface area contributed by atoms with E-state index in [4.69, 9.17) is 0 Å². The van der Waals surface area contributed by atoms with Gasteiger partial charge < -0.3 is 5.32 Å². The highest BCUT2D eigenvalue weighted by molar-refractivity contribution is 7.16. The van der Waals surface area contributed by atoms with E-state index in [1.807, 2.05) is 6.92 Å². The Bertz CT molecular complexity index is 1290. The molecule has 8 nitrogen and oxygen atoms in total. The first kappa shape index (κ1) is 20.9. The third kappa shape index (κ3) is 4.41. The number of benzene rings is 1. The summed E-state index contributed by atoms with van der Waals surface area (Å²) in [5.41, 5.74) is 3.55. The van der Waals surface area contributed by atoms with Crippen LogP contribution in [0.1, 0.15) is 30.2 Å². The summed E-state index contributed by atoms with van der Waals surface area (Å²) in [6.07, 6.45) is 5.27. The lowest BCUT2D eigenvalue weighted by Gasteiger charge is -2.05. The minimum absolute atomic E-state index is 0.146. The van der Waals surface area contributed by atoms with Crippen LogP contribution in [0.3, 0.4) is 0 Å². The zero-order chi connectivity index (χ0) is 22.0. The van der Waals surface area contributed by atoms with Crippen molar-refractivity contribution in [1.29, 1.82) is 0 Å². The van der Waals surface area contributed by atoms with Gasteiger partial charge in [-0.1, -0.05) is 37.6 Å². The molecule has 0 unspecified atom stereocenters. The van der Waals surface area contributed by atoms with Gasteiger partial charge in [-0.25, -0.2) is 9.97 Å². The normalized spacial score (nSPS) is 11.2. The van der Waals surface area contributed by atoms with Crippen LogP contribution in [0.4, 0.5) is 5.13 Å². The molecule has 3 aromatic heterocycles. The van der Waals surface area contributed by atoms with Crippen molar-refractivity contribution < 1.29 is 4.79 Å². The molecule has 4 rings (SSSR count). The highest BCUT2D eigenvalue weighted by Gasteiger charge is 2.13. The number of fused-ring (bicyclic) bond motifs is 1. The van der Waals surface area contributed by atoms with Gasteiger partial charge in [-0.2, -0.15) is 5.10 Å². The molecule has 1 N–H and O–H groups in total. The predicted molar refractivity (Wildman–Crippen MR) is 122 cm³/mol. The van der Waals surface area contributed by atoms with Gasteiger partial charge in [-0.15, -0.1) is 11.3 Å². The average Bonchev–Trinajstić information content (AvgIpc) is 3.31. The quantitative estimate of drug-likeness (QED) is 0.478. The zero-order valence-corrected chi connectivity index (χ0v) is 18.6. The molecule has 4 aromatic rings. The van der Waals surface area contributed by atoms with Gasteiger partial charge in [-0.3, -0.25) is 18.8 Å². The van der Waals surface area contributed by atoms with E-state index in [2.05, 4.69) is 51.6 Å². The SMILES string of the molecule is CCCc1ccc(-c2nc(NC(=O)CCn3cnc4c(cnn4C)c3=O)sc2C)cc1. The van der Waals surface area contributed by atoms with E-state index in [9.17, 15) is 9.59 Å². The molecular weight excluding hydrogens is 412 g/mol. The molecule has 0 atom stereocenters. The summed E-state index contributed by atoms with van der Waals surface area (Å²) < 4.78 is 2.98. The molecule has 1 amide bonds. The van der Waals surface area contributed by atoms with E-state index in [0.717, 1.165) is 29.0 Å². The maximum Gasteiger partial charge on any atom is 0.264 e. The van der Waals surface area contributed by atoms with Crippen molar-refractivity contribution in [3.63, 3.8) is 0 Å². The molecule has 0 fully saturated rings. The maximum atomic E-state index is 12.5. The number of amides is 1. The van der Waals surface area contributed by atoms with Crippen LogP contribution >= 0.6 is 11.3 Å². The zero-order valence-electron chi connectivity index (χ0n) is 17.8. The predicted octanol–water partition coefficient (Wildman–Crippen LogP) is 3.54. The summed E-state index contributed by atoms with van der Waals surface area (Å²) in [5, 5.41) is 7.90. The number of carbonyl (C=O) groups excluding carboxylic acids is 1. The van der Waals surface area contributed by atoms with E-state index < -0.39 is 0 Å². The largest absolute Gasteiger partial charge is 0.302 e. The van der Waals surface area contributed by atoms with Crippen LogP contribution in [0.5, 0.6) is 0 Å². The fraction of sp³-hybridized carbons (Fsp3) is 0.318. The minimum atomic E-state index is -0.204. The number of aromatic nitrogens is 5. The van der Waals surface area contributed by atoms with Crippen molar-refractivity contribution in [2.24, 2.45) is 7.05 Å². The first-order chi connectivity index (χ1) is 15.0. The van der Waals surface area contributed by atoms with Gasteiger partial charge in [-0.05, 0) is 18.9 Å². The molecule has 1 aromatic carbocycles. The van der Waals surface area contributed by atoms with Crippen LogP contribution < -0.4 is 10.9 Å². The van der Waals surface area contributed by atoms with Gasteiger partial charge in [0.25, 0.3) is 5.56 Å². The van der Waals surface area contributed by atoms with Crippen molar-refractivity contribution in [3.8, 4) is 11.3 Å². The molecule has 0 aliphatic carbocycles. The van der Waals surface area contributed by atoms with Crippen LogP contribution in [-0.4, -0.2) is 30.2 Å². The summed E-state index contributed by atoms with van der Waals surface area (Å²) in [6, 6.07) is 8.40. The van der Waals surface area contributed by atoms with Crippen LogP contribution in [0, 0.1) is 6.92 Å². The molecule has 0 saturated heterocycles. The molecule has 3 heterocycles. The smallest absolute Gasteiger partial charge is 0.264 e. The molecular formula is C22H24N6O2S. The molecule has 0 aliphatic heterocycles. The van der Waals surface area contributed by atoms with E-state index in [1.54, 1.807) is 11.7 Å². The van der Waals surface area contributed by atoms with Gasteiger partial charge >= 0.3 is 0 Å². The number of anilines is 1. The lowest BCUT2D eigenvalue weighted by Crippen LogP contribution is -2.23. The highest BCUT2D eigenvalue weighted by Crippen LogP contribution is 2.30. The van der Waals surface area contributed by atoms with E-state index in [-0.39, 0.29) is 24.4 Å². The van der Waals surface area contributed by atoms with Crippen molar-refractivity contribution >= 4 is 33.4 Å². The van der Waals surface area contributed by atoms with Crippen LogP contribution in [0.2, 0.25) is 0 Å².